The lowest BCUT2D eigenvalue weighted by molar-refractivity contribution is -0.140. The van der Waals surface area contributed by atoms with Gasteiger partial charge in [-0.1, -0.05) is 49.6 Å². The van der Waals surface area contributed by atoms with Gasteiger partial charge in [-0.2, -0.15) is 0 Å². The molecule has 0 atom stereocenters. The molecule has 0 spiro atoms. The van der Waals surface area contributed by atoms with Gasteiger partial charge in [0.25, 0.3) is 0 Å². The maximum absolute atomic E-state index is 13.3. The van der Waals surface area contributed by atoms with E-state index < -0.39 is 23.9 Å². The summed E-state index contributed by atoms with van der Waals surface area (Å²) in [6, 6.07) is 39.5. The van der Waals surface area contributed by atoms with Crippen LogP contribution in [-0.4, -0.2) is 113 Å². The number of carbonyl (C=O) groups excluding carboxylic acids is 3. The first-order chi connectivity index (χ1) is 40.0. The number of aromatic carboxylic acids is 1. The molecule has 2 heterocycles. The van der Waals surface area contributed by atoms with Crippen LogP contribution in [0.5, 0.6) is 0 Å². The average Bonchev–Trinajstić information content (AvgIpc) is 1.58. The van der Waals surface area contributed by atoms with Crippen molar-refractivity contribution in [1.82, 2.24) is 9.15 Å². The van der Waals surface area contributed by atoms with Crippen molar-refractivity contribution in [3.8, 4) is 44.9 Å². The molecule has 0 aromatic heterocycles. The zero-order chi connectivity index (χ0) is 60.3. The van der Waals surface area contributed by atoms with Gasteiger partial charge in [-0.3, -0.25) is 0 Å². The van der Waals surface area contributed by atoms with Crippen molar-refractivity contribution in [1.29, 1.82) is 0 Å². The van der Waals surface area contributed by atoms with Crippen LogP contribution in [0.1, 0.15) is 90.0 Å². The number of benzene rings is 6. The van der Waals surface area contributed by atoms with Gasteiger partial charge < -0.3 is 55.5 Å². The van der Waals surface area contributed by atoms with Crippen molar-refractivity contribution >= 4 is 69.6 Å². The number of fused-ring (bicyclic) bond motifs is 4. The van der Waals surface area contributed by atoms with Gasteiger partial charge in [-0.05, 0) is 129 Å². The number of aliphatic hydroxyl groups excluding tert-OH is 1. The number of carboxylic acids is 1. The number of halogens is 2. The number of esters is 3. The van der Waals surface area contributed by atoms with E-state index >= 15 is 0 Å². The number of rotatable bonds is 21. The lowest BCUT2D eigenvalue weighted by Crippen LogP contribution is -3.00. The van der Waals surface area contributed by atoms with Crippen LogP contribution in [-0.2, 0) is 23.8 Å². The van der Waals surface area contributed by atoms with Gasteiger partial charge in [0.05, 0.1) is 29.9 Å². The van der Waals surface area contributed by atoms with Crippen LogP contribution in [0.25, 0.3) is 66.8 Å². The van der Waals surface area contributed by atoms with Crippen molar-refractivity contribution in [2.24, 2.45) is 0 Å². The van der Waals surface area contributed by atoms with E-state index in [1.165, 1.54) is 0 Å². The third-order valence-electron chi connectivity index (χ3n) is 14.3. The van der Waals surface area contributed by atoms with E-state index in [0.717, 1.165) is 136 Å². The van der Waals surface area contributed by atoms with Crippen molar-refractivity contribution in [2.45, 2.75) is 69.2 Å². The normalized spacial score (nSPS) is 10.5. The van der Waals surface area contributed by atoms with Crippen LogP contribution in [0.3, 0.4) is 0 Å². The van der Waals surface area contributed by atoms with E-state index in [9.17, 15) is 24.3 Å². The summed E-state index contributed by atoms with van der Waals surface area (Å²) >= 11 is 0. The molecule has 2 N–H and O–H groups in total. The van der Waals surface area contributed by atoms with Gasteiger partial charge in [0.15, 0.2) is 0 Å². The Morgan fingerprint density at radius 3 is 1.28 bits per heavy atom. The zero-order valence-electron chi connectivity index (χ0n) is 50.6. The maximum Gasteiger partial charge on any atom is 0.338 e. The highest BCUT2D eigenvalue weighted by Gasteiger charge is 2.25. The summed E-state index contributed by atoms with van der Waals surface area (Å²) in [6.45, 7) is 34.0. The molecule has 0 fully saturated rings. The molecular formula is C68H81Cl2N4O11+. The molecule has 85 heavy (non-hydrogen) atoms. The van der Waals surface area contributed by atoms with Crippen LogP contribution in [0.15, 0.2) is 154 Å². The molecule has 2 aliphatic carbocycles. The Morgan fingerprint density at radius 2 is 0.894 bits per heavy atom. The molecule has 0 bridgehead atoms. The fourth-order valence-corrected chi connectivity index (χ4v) is 9.96. The van der Waals surface area contributed by atoms with Gasteiger partial charge in [0, 0.05) is 106 Å². The summed E-state index contributed by atoms with van der Waals surface area (Å²) in [4.78, 5) is 52.1. The first-order valence-electron chi connectivity index (χ1n) is 28.5. The van der Waals surface area contributed by atoms with Gasteiger partial charge >= 0.3 is 23.9 Å². The molecule has 4 aromatic carbocycles. The number of hydrogen-bond acceptors (Lipinski definition) is 12. The lowest BCUT2D eigenvalue weighted by atomic mass is 9.90. The predicted molar refractivity (Wildman–Crippen MR) is 339 cm³/mol. The van der Waals surface area contributed by atoms with E-state index in [2.05, 4.69) is 165 Å². The minimum Gasteiger partial charge on any atom is -1.00 e. The maximum atomic E-state index is 13.3. The molecular weight excluding hydrogens is 1120 g/mol. The molecule has 17 heteroatoms. The molecule has 2 aliphatic heterocycles. The Hall–Kier alpha value is -8.24. The van der Waals surface area contributed by atoms with Crippen molar-refractivity contribution in [3.63, 3.8) is 0 Å². The smallest absolute Gasteiger partial charge is 0.338 e. The number of ether oxygens (including phenoxy) is 3. The topological polar surface area (TPSA) is 175 Å². The highest BCUT2D eigenvalue weighted by Crippen LogP contribution is 2.44. The minimum atomic E-state index is -0.938. The van der Waals surface area contributed by atoms with Crippen LogP contribution < -0.4 is 42.1 Å². The Balaban J connectivity index is 0.000000316. The van der Waals surface area contributed by atoms with Crippen LogP contribution in [0, 0.1) is 0 Å². The summed E-state index contributed by atoms with van der Waals surface area (Å²) in [5.74, 6) is -0.910. The molecule has 15 nitrogen and oxygen atoms in total. The number of hydrogen-bond donors (Lipinski definition) is 2. The molecule has 0 saturated carbocycles. The van der Waals surface area contributed by atoms with E-state index in [1.54, 1.807) is 32.0 Å². The number of nitrogens with zero attached hydrogens (tertiary/aromatic N) is 4. The molecule has 452 valence electrons. The third-order valence-corrected chi connectivity index (χ3v) is 14.3. The quantitative estimate of drug-likeness (QED) is 0.0174. The van der Waals surface area contributed by atoms with E-state index in [1.807, 2.05) is 30.3 Å². The zero-order valence-corrected chi connectivity index (χ0v) is 52.2. The van der Waals surface area contributed by atoms with Gasteiger partial charge in [0.2, 0.25) is 10.7 Å². The Morgan fingerprint density at radius 1 is 0.506 bits per heavy atom. The monoisotopic (exact) mass is 1200 g/mol. The van der Waals surface area contributed by atoms with Crippen LogP contribution in [0.4, 0.5) is 11.4 Å². The fraction of sp³-hybridized carbons (Fsp3) is 0.324. The third kappa shape index (κ3) is 16.8. The van der Waals surface area contributed by atoms with Gasteiger partial charge in [-0.25, -0.2) is 28.3 Å². The summed E-state index contributed by atoms with van der Waals surface area (Å²) in [6.07, 6.45) is 0. The first kappa shape index (κ1) is 69.3. The molecule has 0 amide bonds. The highest BCUT2D eigenvalue weighted by molar-refractivity contribution is 6.09. The standard InChI is InChI=1S/C34H39N2O5.C28H30N2O3.C6H10O3.2ClH/c1-7-35(8-2)24-15-17-28-30(21-24)41-31-22-25(36(9-3)10-4)16-18-29(31)32(28)26-13-11-12-14-27(26)34(38)40-20-19-39-33(37)23(5)6;1-5-29(6-2)19-13-15-23-25(17-19)33-26-18-20(30(7-3)8-4)14-16-24(26)27(23)21-11-9-10-12-22(21)28(31)32;1-5(2)6(8)9-4-3-7;;/h11-18,21-22H,5,7-10,19-20H2,1-4,6H3;9-18H,5-8H2,1-4H3;7H,1,3-4H2,2H3;2*1H/q+1;;;;. The number of carboxylic acid groups (broad SMARTS) is 1. The molecule has 0 saturated heterocycles. The molecule has 4 aliphatic rings. The van der Waals surface area contributed by atoms with E-state index in [4.69, 9.17) is 23.4 Å². The molecule has 8 rings (SSSR count). The second kappa shape index (κ2) is 33.3. The molecule has 0 radical (unpaired) electrons. The number of aliphatic hydroxyl groups is 1. The van der Waals surface area contributed by atoms with Gasteiger partial charge in [-0.15, -0.1) is 12.4 Å². The Kier molecular flexibility index (Phi) is 27.1. The van der Waals surface area contributed by atoms with Crippen LogP contribution in [0.2, 0.25) is 0 Å². The molecule has 4 aromatic rings. The SMILES string of the molecule is C=C(C)C(=O)OCCO.C=C(C)C(=O)OCCOC(=O)c1ccccc1-c1c2ccc(=[N+](CC)CC)cc-2oc2cc(N(CC)CC)ccc12.CCN(CC)c1ccc2c(-c3ccccc3C(=O)O)c3ccc(=[N+](CC)CC)cc-3oc2c1.Cl.[Cl-]. The van der Waals surface area contributed by atoms with Gasteiger partial charge in [0.1, 0.15) is 68.7 Å². The second-order valence-corrected chi connectivity index (χ2v) is 19.5. The lowest BCUT2D eigenvalue weighted by Gasteiger charge is -2.22. The highest BCUT2D eigenvalue weighted by atomic mass is 35.5. The van der Waals surface area contributed by atoms with E-state index in [0.29, 0.717) is 22.3 Å². The second-order valence-electron chi connectivity index (χ2n) is 19.5. The van der Waals surface area contributed by atoms with Crippen LogP contribution >= 0.6 is 12.4 Å². The summed E-state index contributed by atoms with van der Waals surface area (Å²) < 4.78 is 32.6. The Labute approximate surface area is 511 Å². The average molecular weight is 1200 g/mol. The first-order valence-corrected chi connectivity index (χ1v) is 28.5. The Bertz CT molecular complexity index is 3700. The number of anilines is 2. The van der Waals surface area contributed by atoms with Crippen molar-refractivity contribution in [3.05, 3.63) is 167 Å². The number of carbonyl (C=O) groups is 4. The summed E-state index contributed by atoms with van der Waals surface area (Å²) in [5.41, 5.74) is 10.1. The fourth-order valence-electron chi connectivity index (χ4n) is 9.96. The largest absolute Gasteiger partial charge is 1.00 e. The predicted octanol–water partition coefficient (Wildman–Crippen LogP) is 9.22. The molecule has 0 unspecified atom stereocenters. The minimum absolute atomic E-state index is 0. The van der Waals surface area contributed by atoms with Crippen molar-refractivity contribution < 1.29 is 64.8 Å². The summed E-state index contributed by atoms with van der Waals surface area (Å²) in [7, 11) is 0. The van der Waals surface area contributed by atoms with E-state index in [-0.39, 0.29) is 56.8 Å². The van der Waals surface area contributed by atoms with Crippen molar-refractivity contribution in [2.75, 3.05) is 88.6 Å². The summed E-state index contributed by atoms with van der Waals surface area (Å²) in [5, 5.41) is 22.1.